The molecular weight excluding hydrogens is 212 g/mol. The molecule has 0 saturated heterocycles. The van der Waals surface area contributed by atoms with E-state index in [4.69, 9.17) is 10.00 Å². The number of nitro groups is 1. The second-order valence-electron chi connectivity index (χ2n) is 2.94. The first-order valence-electron chi connectivity index (χ1n) is 4.31. The Morgan fingerprint density at radius 3 is 2.75 bits per heavy atom. The van der Waals surface area contributed by atoms with Crippen LogP contribution in [0.4, 0.5) is 5.69 Å². The minimum absolute atomic E-state index is 0.0251. The van der Waals surface area contributed by atoms with Crippen LogP contribution in [0.3, 0.4) is 0 Å². The third-order valence-electron chi connectivity index (χ3n) is 1.97. The van der Waals surface area contributed by atoms with Crippen LogP contribution in [0.2, 0.25) is 0 Å². The number of rotatable bonds is 4. The Labute approximate surface area is 91.2 Å². The molecule has 0 atom stereocenters. The molecule has 0 unspecified atom stereocenters. The summed E-state index contributed by atoms with van der Waals surface area (Å²) in [5.41, 5.74) is 0.177. The fourth-order valence-corrected chi connectivity index (χ4v) is 1.35. The number of ether oxygens (including phenoxy) is 1. The van der Waals surface area contributed by atoms with Crippen LogP contribution in [0.5, 0.6) is 5.75 Å². The summed E-state index contributed by atoms with van der Waals surface area (Å²) < 4.78 is 4.88. The zero-order valence-electron chi connectivity index (χ0n) is 8.47. The number of hydrogen-bond acceptors (Lipinski definition) is 5. The molecule has 0 aliphatic rings. The normalized spacial score (nSPS) is 9.25. The first-order chi connectivity index (χ1) is 7.63. The van der Waals surface area contributed by atoms with Crippen molar-refractivity contribution in [2.45, 2.75) is 6.42 Å². The lowest BCUT2D eigenvalue weighted by Crippen LogP contribution is -2.00. The average molecular weight is 220 g/mol. The van der Waals surface area contributed by atoms with Crippen molar-refractivity contribution < 1.29 is 14.5 Å². The van der Waals surface area contributed by atoms with Crippen LogP contribution in [0.25, 0.3) is 0 Å². The van der Waals surface area contributed by atoms with Gasteiger partial charge in [0, 0.05) is 17.2 Å². The zero-order chi connectivity index (χ0) is 12.1. The van der Waals surface area contributed by atoms with E-state index in [1.165, 1.54) is 13.2 Å². The molecule has 0 saturated carbocycles. The number of benzene rings is 1. The van der Waals surface area contributed by atoms with E-state index in [0.29, 0.717) is 11.8 Å². The molecular formula is C10H8N2O4. The van der Waals surface area contributed by atoms with Crippen LogP contribution < -0.4 is 4.74 Å². The van der Waals surface area contributed by atoms with E-state index in [1.807, 2.05) is 6.07 Å². The largest absolute Gasteiger partial charge is 0.490 e. The van der Waals surface area contributed by atoms with Gasteiger partial charge in [0.2, 0.25) is 5.75 Å². The number of nitro benzene ring substituents is 1. The van der Waals surface area contributed by atoms with Gasteiger partial charge in [-0.1, -0.05) is 0 Å². The van der Waals surface area contributed by atoms with Gasteiger partial charge in [0.05, 0.1) is 24.5 Å². The second-order valence-corrected chi connectivity index (χ2v) is 2.94. The monoisotopic (exact) mass is 220 g/mol. The van der Waals surface area contributed by atoms with Gasteiger partial charge in [-0.05, 0) is 6.07 Å². The standard InChI is InChI=1S/C10H8N2O4/c1-16-10-8(2-3-11)4-7(6-13)5-9(10)12(14)15/h4-6H,2H2,1H3. The highest BCUT2D eigenvalue weighted by atomic mass is 16.6. The molecule has 6 heteroatoms. The fourth-order valence-electron chi connectivity index (χ4n) is 1.35. The smallest absolute Gasteiger partial charge is 0.311 e. The fraction of sp³-hybridized carbons (Fsp3) is 0.200. The first kappa shape index (κ1) is 11.7. The minimum atomic E-state index is -0.646. The summed E-state index contributed by atoms with van der Waals surface area (Å²) in [5.74, 6) is 0.0251. The molecule has 0 heterocycles. The number of aldehydes is 1. The van der Waals surface area contributed by atoms with Gasteiger partial charge in [-0.3, -0.25) is 14.9 Å². The highest BCUT2D eigenvalue weighted by Gasteiger charge is 2.20. The Morgan fingerprint density at radius 1 is 1.62 bits per heavy atom. The molecule has 0 N–H and O–H groups in total. The Bertz CT molecular complexity index is 476. The third-order valence-corrected chi connectivity index (χ3v) is 1.97. The molecule has 0 spiro atoms. The predicted molar refractivity (Wildman–Crippen MR) is 54.4 cm³/mol. The van der Waals surface area contributed by atoms with Gasteiger partial charge < -0.3 is 4.74 Å². The van der Waals surface area contributed by atoms with Crippen LogP contribution in [0, 0.1) is 21.4 Å². The van der Waals surface area contributed by atoms with Crippen molar-refractivity contribution in [2.75, 3.05) is 7.11 Å². The van der Waals surface area contributed by atoms with E-state index in [1.54, 1.807) is 0 Å². The van der Waals surface area contributed by atoms with E-state index in [9.17, 15) is 14.9 Å². The molecule has 0 radical (unpaired) electrons. The van der Waals surface area contributed by atoms with Crippen molar-refractivity contribution in [1.82, 2.24) is 0 Å². The van der Waals surface area contributed by atoms with E-state index >= 15 is 0 Å². The Hall–Kier alpha value is -2.42. The maximum absolute atomic E-state index is 10.7. The molecule has 0 aliphatic carbocycles. The van der Waals surface area contributed by atoms with Crippen LogP contribution in [-0.4, -0.2) is 18.3 Å². The molecule has 0 aromatic heterocycles. The molecule has 6 nitrogen and oxygen atoms in total. The number of nitrogens with zero attached hydrogens (tertiary/aromatic N) is 2. The SMILES string of the molecule is COc1c(CC#N)cc(C=O)cc1[N+](=O)[O-]. The van der Waals surface area contributed by atoms with Crippen molar-refractivity contribution in [3.05, 3.63) is 33.4 Å². The summed E-state index contributed by atoms with van der Waals surface area (Å²) >= 11 is 0. The number of methoxy groups -OCH3 is 1. The zero-order valence-corrected chi connectivity index (χ0v) is 8.47. The number of hydrogen-bond donors (Lipinski definition) is 0. The van der Waals surface area contributed by atoms with Crippen LogP contribution >= 0.6 is 0 Å². The molecule has 0 fully saturated rings. The molecule has 0 aliphatic heterocycles. The topological polar surface area (TPSA) is 93.2 Å². The quantitative estimate of drug-likeness (QED) is 0.435. The third kappa shape index (κ3) is 2.15. The van der Waals surface area contributed by atoms with Gasteiger partial charge in [-0.25, -0.2) is 0 Å². The molecule has 0 amide bonds. The van der Waals surface area contributed by atoms with Crippen LogP contribution in [0.1, 0.15) is 15.9 Å². The predicted octanol–water partition coefficient (Wildman–Crippen LogP) is 1.48. The summed E-state index contributed by atoms with van der Waals surface area (Å²) in [7, 11) is 1.28. The molecule has 0 bridgehead atoms. The average Bonchev–Trinajstić information content (AvgIpc) is 2.28. The van der Waals surface area contributed by atoms with Gasteiger partial charge >= 0.3 is 5.69 Å². The summed E-state index contributed by atoms with van der Waals surface area (Å²) in [6, 6.07) is 4.38. The number of nitriles is 1. The van der Waals surface area contributed by atoms with Crippen molar-refractivity contribution in [3.63, 3.8) is 0 Å². The second kappa shape index (κ2) is 4.89. The van der Waals surface area contributed by atoms with Crippen LogP contribution in [-0.2, 0) is 6.42 Å². The van der Waals surface area contributed by atoms with Gasteiger partial charge in [-0.2, -0.15) is 5.26 Å². The Morgan fingerprint density at radius 2 is 2.31 bits per heavy atom. The maximum atomic E-state index is 10.7. The molecule has 1 aromatic rings. The number of carbonyl (C=O) groups is 1. The molecule has 1 aromatic carbocycles. The summed E-state index contributed by atoms with van der Waals surface area (Å²) in [5, 5.41) is 19.3. The highest BCUT2D eigenvalue weighted by molar-refractivity contribution is 5.78. The van der Waals surface area contributed by atoms with Gasteiger partial charge in [0.25, 0.3) is 0 Å². The summed E-state index contributed by atoms with van der Waals surface area (Å²) in [6.07, 6.45) is 0.443. The van der Waals surface area contributed by atoms with E-state index in [2.05, 4.69) is 0 Å². The highest BCUT2D eigenvalue weighted by Crippen LogP contribution is 2.32. The van der Waals surface area contributed by atoms with Crippen molar-refractivity contribution in [3.8, 4) is 11.8 Å². The number of carbonyl (C=O) groups excluding carboxylic acids is 1. The van der Waals surface area contributed by atoms with Gasteiger partial charge in [0.1, 0.15) is 6.29 Å². The summed E-state index contributed by atoms with van der Waals surface area (Å²) in [6.45, 7) is 0. The van der Waals surface area contributed by atoms with Gasteiger partial charge in [-0.15, -0.1) is 0 Å². The molecule has 82 valence electrons. The van der Waals surface area contributed by atoms with E-state index in [-0.39, 0.29) is 23.4 Å². The van der Waals surface area contributed by atoms with Crippen molar-refractivity contribution in [2.24, 2.45) is 0 Å². The van der Waals surface area contributed by atoms with Crippen molar-refractivity contribution >= 4 is 12.0 Å². The lowest BCUT2D eigenvalue weighted by molar-refractivity contribution is -0.385. The minimum Gasteiger partial charge on any atom is -0.490 e. The summed E-state index contributed by atoms with van der Waals surface area (Å²) in [4.78, 5) is 20.7. The molecule has 1 rings (SSSR count). The first-order valence-corrected chi connectivity index (χ1v) is 4.31. The Kier molecular flexibility index (Phi) is 3.56. The van der Waals surface area contributed by atoms with Crippen molar-refractivity contribution in [1.29, 1.82) is 5.26 Å². The van der Waals surface area contributed by atoms with Crippen LogP contribution in [0.15, 0.2) is 12.1 Å². The van der Waals surface area contributed by atoms with E-state index < -0.39 is 4.92 Å². The van der Waals surface area contributed by atoms with Gasteiger partial charge in [0.15, 0.2) is 0 Å². The Balaban J connectivity index is 3.46. The van der Waals surface area contributed by atoms with E-state index in [0.717, 1.165) is 6.07 Å². The lowest BCUT2D eigenvalue weighted by Gasteiger charge is -2.06. The maximum Gasteiger partial charge on any atom is 0.311 e. The lowest BCUT2D eigenvalue weighted by atomic mass is 10.1. The molecule has 16 heavy (non-hydrogen) atoms.